The number of nitrogens with two attached hydrogens (primary N) is 1. The summed E-state index contributed by atoms with van der Waals surface area (Å²) in [6.07, 6.45) is 0.898. The molecule has 0 aliphatic carbocycles. The summed E-state index contributed by atoms with van der Waals surface area (Å²) in [5.74, 6) is 1.92. The van der Waals surface area contributed by atoms with Crippen molar-refractivity contribution < 1.29 is 4.42 Å². The zero-order valence-electron chi connectivity index (χ0n) is 12.0. The number of nitrogens with zero attached hydrogens (tertiary/aromatic N) is 1. The van der Waals surface area contributed by atoms with Crippen LogP contribution in [-0.4, -0.2) is 18.5 Å². The number of rotatable bonds is 6. The Hall–Kier alpha value is -1.29. The first-order valence-electron chi connectivity index (χ1n) is 6.87. The lowest BCUT2D eigenvalue weighted by Gasteiger charge is -2.25. The van der Waals surface area contributed by atoms with Crippen LogP contribution in [-0.2, 0) is 13.0 Å². The van der Waals surface area contributed by atoms with Crippen LogP contribution in [0.15, 0.2) is 40.8 Å². The zero-order valence-corrected chi connectivity index (χ0v) is 12.7. The lowest BCUT2D eigenvalue weighted by molar-refractivity contribution is 0.210. The van der Waals surface area contributed by atoms with Crippen LogP contribution >= 0.6 is 11.6 Å². The molecule has 1 heterocycles. The predicted molar refractivity (Wildman–Crippen MR) is 82.8 cm³/mol. The van der Waals surface area contributed by atoms with Gasteiger partial charge in [-0.25, -0.2) is 0 Å². The Morgan fingerprint density at radius 2 is 2.10 bits per heavy atom. The highest BCUT2D eigenvalue weighted by Gasteiger charge is 2.19. The highest BCUT2D eigenvalue weighted by molar-refractivity contribution is 6.30. The third-order valence-corrected chi connectivity index (χ3v) is 3.67. The van der Waals surface area contributed by atoms with Gasteiger partial charge >= 0.3 is 0 Å². The number of hydrogen-bond acceptors (Lipinski definition) is 3. The molecule has 0 aliphatic rings. The second-order valence-electron chi connectivity index (χ2n) is 4.95. The smallest absolute Gasteiger partial charge is 0.122 e. The van der Waals surface area contributed by atoms with Crippen molar-refractivity contribution in [3.63, 3.8) is 0 Å². The van der Waals surface area contributed by atoms with E-state index >= 15 is 0 Å². The highest BCUT2D eigenvalue weighted by atomic mass is 35.5. The molecule has 0 fully saturated rings. The number of aryl methyl sites for hydroxylation is 1. The van der Waals surface area contributed by atoms with Crippen molar-refractivity contribution in [2.75, 3.05) is 13.6 Å². The second-order valence-corrected chi connectivity index (χ2v) is 5.39. The van der Waals surface area contributed by atoms with Gasteiger partial charge in [0.25, 0.3) is 0 Å². The van der Waals surface area contributed by atoms with Crippen LogP contribution in [0.1, 0.15) is 30.0 Å². The lowest BCUT2D eigenvalue weighted by atomic mass is 10.1. The van der Waals surface area contributed by atoms with Gasteiger partial charge in [-0.15, -0.1) is 0 Å². The van der Waals surface area contributed by atoms with Crippen molar-refractivity contribution in [2.24, 2.45) is 5.73 Å². The summed E-state index contributed by atoms with van der Waals surface area (Å²) >= 11 is 6.02. The van der Waals surface area contributed by atoms with E-state index in [4.69, 9.17) is 21.8 Å². The molecule has 2 rings (SSSR count). The van der Waals surface area contributed by atoms with Gasteiger partial charge < -0.3 is 10.2 Å². The number of hydrogen-bond donors (Lipinski definition) is 1. The SMILES string of the molecule is CCc1ccc(C(CN)N(C)Cc2cccc(Cl)c2)o1. The van der Waals surface area contributed by atoms with E-state index in [9.17, 15) is 0 Å². The van der Waals surface area contributed by atoms with Gasteiger partial charge in [0.2, 0.25) is 0 Å². The third-order valence-electron chi connectivity index (χ3n) is 3.44. The Balaban J connectivity index is 2.10. The molecule has 0 saturated carbocycles. The average Bonchev–Trinajstić information content (AvgIpc) is 2.88. The fourth-order valence-electron chi connectivity index (χ4n) is 2.31. The predicted octanol–water partition coefficient (Wildman–Crippen LogP) is 3.63. The summed E-state index contributed by atoms with van der Waals surface area (Å²) in [5, 5.41) is 0.756. The molecule has 0 spiro atoms. The van der Waals surface area contributed by atoms with Crippen molar-refractivity contribution in [3.05, 3.63) is 58.5 Å². The average molecular weight is 293 g/mol. The molecular formula is C16H21ClN2O. The van der Waals surface area contributed by atoms with E-state index in [1.54, 1.807) is 0 Å². The first-order valence-corrected chi connectivity index (χ1v) is 7.25. The van der Waals surface area contributed by atoms with Crippen molar-refractivity contribution in [3.8, 4) is 0 Å². The van der Waals surface area contributed by atoms with E-state index in [2.05, 4.69) is 17.9 Å². The van der Waals surface area contributed by atoms with Gasteiger partial charge in [-0.1, -0.05) is 30.7 Å². The van der Waals surface area contributed by atoms with Crippen LogP contribution < -0.4 is 5.73 Å². The largest absolute Gasteiger partial charge is 0.464 e. The molecule has 1 atom stereocenters. The minimum Gasteiger partial charge on any atom is -0.464 e. The van der Waals surface area contributed by atoms with Crippen LogP contribution in [0.2, 0.25) is 5.02 Å². The first-order chi connectivity index (χ1) is 9.63. The maximum absolute atomic E-state index is 6.02. The van der Waals surface area contributed by atoms with Gasteiger partial charge in [0.1, 0.15) is 11.5 Å². The van der Waals surface area contributed by atoms with Crippen LogP contribution in [0.3, 0.4) is 0 Å². The Kier molecular flexibility index (Phi) is 5.24. The molecule has 108 valence electrons. The zero-order chi connectivity index (χ0) is 14.5. The molecule has 0 aliphatic heterocycles. The maximum Gasteiger partial charge on any atom is 0.122 e. The van der Waals surface area contributed by atoms with Crippen molar-refractivity contribution >= 4 is 11.6 Å². The van der Waals surface area contributed by atoms with Crippen molar-refractivity contribution in [2.45, 2.75) is 25.9 Å². The van der Waals surface area contributed by atoms with Gasteiger partial charge in [0.05, 0.1) is 6.04 Å². The molecule has 0 bridgehead atoms. The number of benzene rings is 1. The summed E-state index contributed by atoms with van der Waals surface area (Å²) < 4.78 is 5.82. The maximum atomic E-state index is 6.02. The Bertz CT molecular complexity index is 553. The lowest BCUT2D eigenvalue weighted by Crippen LogP contribution is -2.29. The van der Waals surface area contributed by atoms with Crippen molar-refractivity contribution in [1.82, 2.24) is 4.90 Å². The minimum atomic E-state index is 0.0780. The van der Waals surface area contributed by atoms with Gasteiger partial charge in [-0.3, -0.25) is 4.90 Å². The molecule has 20 heavy (non-hydrogen) atoms. The number of furan rings is 1. The van der Waals surface area contributed by atoms with Gasteiger partial charge in [0.15, 0.2) is 0 Å². The molecule has 0 saturated heterocycles. The fraction of sp³-hybridized carbons (Fsp3) is 0.375. The molecule has 4 heteroatoms. The van der Waals surface area contributed by atoms with Crippen LogP contribution in [0, 0.1) is 0 Å². The topological polar surface area (TPSA) is 42.4 Å². The summed E-state index contributed by atoms with van der Waals surface area (Å²) in [4.78, 5) is 2.18. The molecule has 3 nitrogen and oxygen atoms in total. The van der Waals surface area contributed by atoms with E-state index in [-0.39, 0.29) is 6.04 Å². The van der Waals surface area contributed by atoms with Crippen LogP contribution in [0.25, 0.3) is 0 Å². The van der Waals surface area contributed by atoms with Crippen LogP contribution in [0.4, 0.5) is 0 Å². The molecule has 0 radical (unpaired) electrons. The van der Waals surface area contributed by atoms with Gasteiger partial charge in [-0.2, -0.15) is 0 Å². The summed E-state index contributed by atoms with van der Waals surface area (Å²) in [6, 6.07) is 12.0. The molecule has 1 aromatic heterocycles. The van der Waals surface area contributed by atoms with Crippen molar-refractivity contribution in [1.29, 1.82) is 0 Å². The van der Waals surface area contributed by atoms with Gasteiger partial charge in [-0.05, 0) is 36.9 Å². The molecule has 2 aromatic rings. The normalized spacial score (nSPS) is 12.8. The molecule has 1 aromatic carbocycles. The Labute approximate surface area is 125 Å². The quantitative estimate of drug-likeness (QED) is 0.884. The third kappa shape index (κ3) is 3.63. The standard InChI is InChI=1S/C16H21ClN2O/c1-3-14-7-8-16(20-14)15(10-18)19(2)11-12-5-4-6-13(17)9-12/h4-9,15H,3,10-11,18H2,1-2H3. The van der Waals surface area contributed by atoms with Crippen LogP contribution in [0.5, 0.6) is 0 Å². The van der Waals surface area contributed by atoms with E-state index in [1.807, 2.05) is 37.4 Å². The van der Waals surface area contributed by atoms with Gasteiger partial charge in [0, 0.05) is 24.5 Å². The minimum absolute atomic E-state index is 0.0780. The molecule has 2 N–H and O–H groups in total. The molecule has 1 unspecified atom stereocenters. The van der Waals surface area contributed by atoms with E-state index < -0.39 is 0 Å². The second kappa shape index (κ2) is 6.93. The molecule has 0 amide bonds. The highest BCUT2D eigenvalue weighted by Crippen LogP contribution is 2.23. The monoisotopic (exact) mass is 292 g/mol. The Morgan fingerprint density at radius 3 is 2.70 bits per heavy atom. The fourth-order valence-corrected chi connectivity index (χ4v) is 2.52. The molecular weight excluding hydrogens is 272 g/mol. The van der Waals surface area contributed by atoms with E-state index in [1.165, 1.54) is 5.56 Å². The van der Waals surface area contributed by atoms with E-state index in [0.717, 1.165) is 29.5 Å². The summed E-state index contributed by atoms with van der Waals surface area (Å²) in [5.41, 5.74) is 7.08. The van der Waals surface area contributed by atoms with E-state index in [0.29, 0.717) is 6.54 Å². The number of halogens is 1. The number of likely N-dealkylation sites (N-methyl/N-ethyl adjacent to an activating group) is 1. The Morgan fingerprint density at radius 1 is 1.30 bits per heavy atom. The summed E-state index contributed by atoms with van der Waals surface area (Å²) in [6.45, 7) is 3.38. The first kappa shape index (κ1) is 15.1. The summed E-state index contributed by atoms with van der Waals surface area (Å²) in [7, 11) is 2.05.